The standard InChI is InChI=1S/C26H29NO4/c1-24(2,3)26-13-25(14-26,15-26)21(22(28)29)27-23(30)31-12-20-18-10-6-4-8-16(18)17-9-5-7-11-19(17)20/h4-11,20-21H,12-15H2,1-3H3,(H,27,30)(H,28,29)/t21-,25?,26?/m0/s1. The number of carbonyl (C=O) groups is 2. The van der Waals surface area contributed by atoms with E-state index in [2.05, 4.69) is 50.4 Å². The lowest BCUT2D eigenvalue weighted by atomic mass is 9.28. The lowest BCUT2D eigenvalue weighted by Crippen LogP contribution is -2.74. The molecule has 162 valence electrons. The van der Waals surface area contributed by atoms with Crippen LogP contribution in [0.25, 0.3) is 11.1 Å². The number of hydrogen-bond acceptors (Lipinski definition) is 3. The van der Waals surface area contributed by atoms with Gasteiger partial charge in [0.05, 0.1) is 0 Å². The van der Waals surface area contributed by atoms with Crippen molar-refractivity contribution < 1.29 is 19.4 Å². The minimum atomic E-state index is -0.976. The summed E-state index contributed by atoms with van der Waals surface area (Å²) in [5.41, 5.74) is 4.64. The lowest BCUT2D eigenvalue weighted by Gasteiger charge is -2.77. The Morgan fingerprint density at radius 1 is 1.03 bits per heavy atom. The molecule has 5 nitrogen and oxygen atoms in total. The molecule has 0 saturated heterocycles. The number of benzene rings is 2. The van der Waals surface area contributed by atoms with Crippen molar-refractivity contribution in [2.24, 2.45) is 16.2 Å². The second-order valence-corrected chi connectivity index (χ2v) is 10.7. The molecule has 2 N–H and O–H groups in total. The van der Waals surface area contributed by atoms with Gasteiger partial charge in [-0.2, -0.15) is 0 Å². The SMILES string of the molecule is CC(C)(C)C12CC([C@@H](NC(=O)OCC3c4ccccc4-c4ccccc43)C(=O)O)(C1)C2. The number of alkyl carbamates (subject to hydrolysis) is 1. The van der Waals surface area contributed by atoms with E-state index in [1.807, 2.05) is 24.3 Å². The molecule has 0 radical (unpaired) electrons. The highest BCUT2D eigenvalue weighted by molar-refractivity contribution is 5.82. The van der Waals surface area contributed by atoms with Gasteiger partial charge in [0, 0.05) is 11.3 Å². The van der Waals surface area contributed by atoms with E-state index in [4.69, 9.17) is 4.74 Å². The monoisotopic (exact) mass is 419 g/mol. The summed E-state index contributed by atoms with van der Waals surface area (Å²) in [6, 6.07) is 15.4. The van der Waals surface area contributed by atoms with E-state index >= 15 is 0 Å². The number of ether oxygens (including phenoxy) is 1. The van der Waals surface area contributed by atoms with E-state index in [1.165, 1.54) is 0 Å². The first-order valence-electron chi connectivity index (χ1n) is 11.0. The number of rotatable bonds is 5. The third-order valence-electron chi connectivity index (χ3n) is 8.13. The van der Waals surface area contributed by atoms with Crippen molar-refractivity contribution in [2.45, 2.75) is 52.0 Å². The summed E-state index contributed by atoms with van der Waals surface area (Å²) in [6.07, 6.45) is 1.90. The van der Waals surface area contributed by atoms with Crippen LogP contribution in [0.4, 0.5) is 4.79 Å². The van der Waals surface area contributed by atoms with Gasteiger partial charge in [0.25, 0.3) is 0 Å². The van der Waals surface area contributed by atoms with Crippen molar-refractivity contribution in [2.75, 3.05) is 6.61 Å². The molecule has 0 aromatic heterocycles. The van der Waals surface area contributed by atoms with Gasteiger partial charge in [0.1, 0.15) is 12.6 Å². The fraction of sp³-hybridized carbons (Fsp3) is 0.462. The molecule has 3 saturated carbocycles. The number of aliphatic carboxylic acids is 1. The van der Waals surface area contributed by atoms with E-state index in [-0.39, 0.29) is 28.8 Å². The number of carboxylic acid groups (broad SMARTS) is 1. The van der Waals surface area contributed by atoms with Crippen molar-refractivity contribution in [1.82, 2.24) is 5.32 Å². The molecule has 0 heterocycles. The number of fused-ring (bicyclic) bond motifs is 3. The van der Waals surface area contributed by atoms with Crippen molar-refractivity contribution >= 4 is 12.1 Å². The molecule has 4 aliphatic carbocycles. The zero-order valence-electron chi connectivity index (χ0n) is 18.3. The molecule has 2 aromatic carbocycles. The van der Waals surface area contributed by atoms with Gasteiger partial charge in [0.2, 0.25) is 0 Å². The average molecular weight is 420 g/mol. The summed E-state index contributed by atoms with van der Waals surface area (Å²) in [6.45, 7) is 6.83. The van der Waals surface area contributed by atoms with Crippen LogP contribution in [0.15, 0.2) is 48.5 Å². The van der Waals surface area contributed by atoms with Crippen LogP contribution in [0.1, 0.15) is 57.1 Å². The van der Waals surface area contributed by atoms with Gasteiger partial charge >= 0.3 is 12.1 Å². The first-order valence-corrected chi connectivity index (χ1v) is 11.0. The zero-order valence-corrected chi connectivity index (χ0v) is 18.3. The van der Waals surface area contributed by atoms with Crippen LogP contribution in [0.2, 0.25) is 0 Å². The predicted octanol–water partition coefficient (Wildman–Crippen LogP) is 5.19. The van der Waals surface area contributed by atoms with Crippen molar-refractivity contribution in [3.63, 3.8) is 0 Å². The Kier molecular flexibility index (Phi) is 4.27. The quantitative estimate of drug-likeness (QED) is 0.699. The Bertz CT molecular complexity index is 1000. The Labute approximate surface area is 182 Å². The first kappa shape index (κ1) is 20.1. The minimum Gasteiger partial charge on any atom is -0.480 e. The molecular weight excluding hydrogens is 390 g/mol. The maximum absolute atomic E-state index is 12.6. The highest BCUT2D eigenvalue weighted by Gasteiger charge is 2.75. The largest absolute Gasteiger partial charge is 0.480 e. The minimum absolute atomic E-state index is 0.0412. The second-order valence-electron chi connectivity index (χ2n) is 10.7. The molecule has 2 bridgehead atoms. The number of hydrogen-bond donors (Lipinski definition) is 2. The van der Waals surface area contributed by atoms with Crippen LogP contribution >= 0.6 is 0 Å². The van der Waals surface area contributed by atoms with Gasteiger partial charge in [-0.25, -0.2) is 9.59 Å². The summed E-state index contributed by atoms with van der Waals surface area (Å²) >= 11 is 0. The summed E-state index contributed by atoms with van der Waals surface area (Å²) < 4.78 is 5.58. The maximum atomic E-state index is 12.6. The fourth-order valence-electron chi connectivity index (χ4n) is 6.20. The fourth-order valence-corrected chi connectivity index (χ4v) is 6.20. The van der Waals surface area contributed by atoms with Gasteiger partial charge < -0.3 is 15.2 Å². The molecule has 4 aliphatic rings. The number of carboxylic acids is 1. The van der Waals surface area contributed by atoms with E-state index < -0.39 is 18.1 Å². The van der Waals surface area contributed by atoms with E-state index in [0.29, 0.717) is 0 Å². The van der Waals surface area contributed by atoms with Crippen LogP contribution in [0, 0.1) is 16.2 Å². The first-order chi connectivity index (χ1) is 14.7. The molecule has 0 spiro atoms. The van der Waals surface area contributed by atoms with Gasteiger partial charge in [-0.05, 0) is 52.3 Å². The zero-order chi connectivity index (χ0) is 22.0. The Hall–Kier alpha value is -2.82. The predicted molar refractivity (Wildman–Crippen MR) is 118 cm³/mol. The molecule has 1 atom stereocenters. The highest BCUT2D eigenvalue weighted by Crippen LogP contribution is 2.80. The topological polar surface area (TPSA) is 75.6 Å². The van der Waals surface area contributed by atoms with Crippen LogP contribution in [-0.4, -0.2) is 29.8 Å². The summed E-state index contributed by atoms with van der Waals surface area (Å²) in [7, 11) is 0. The summed E-state index contributed by atoms with van der Waals surface area (Å²) in [5, 5.41) is 12.5. The molecule has 6 rings (SSSR count). The third kappa shape index (κ3) is 2.89. The van der Waals surface area contributed by atoms with Crippen LogP contribution in [0.5, 0.6) is 0 Å². The molecule has 31 heavy (non-hydrogen) atoms. The maximum Gasteiger partial charge on any atom is 0.407 e. The molecule has 3 fully saturated rings. The summed E-state index contributed by atoms with van der Waals surface area (Å²) in [4.78, 5) is 24.6. The van der Waals surface area contributed by atoms with Crippen molar-refractivity contribution in [1.29, 1.82) is 0 Å². The van der Waals surface area contributed by atoms with E-state index in [0.717, 1.165) is 41.5 Å². The second kappa shape index (κ2) is 6.59. The summed E-state index contributed by atoms with van der Waals surface area (Å²) in [5.74, 6) is -1.02. The number of carbonyl (C=O) groups excluding carboxylic acids is 1. The smallest absolute Gasteiger partial charge is 0.407 e. The van der Waals surface area contributed by atoms with Crippen molar-refractivity contribution in [3.8, 4) is 11.1 Å². The van der Waals surface area contributed by atoms with Gasteiger partial charge in [0.15, 0.2) is 0 Å². The lowest BCUT2D eigenvalue weighted by molar-refractivity contribution is -0.271. The molecule has 0 unspecified atom stereocenters. The number of nitrogens with one attached hydrogen (secondary N) is 1. The van der Waals surface area contributed by atoms with Crippen LogP contribution in [-0.2, 0) is 9.53 Å². The molecular formula is C26H29NO4. The van der Waals surface area contributed by atoms with Crippen molar-refractivity contribution in [3.05, 3.63) is 59.7 Å². The van der Waals surface area contributed by atoms with Gasteiger partial charge in [-0.15, -0.1) is 0 Å². The van der Waals surface area contributed by atoms with Crippen LogP contribution in [0.3, 0.4) is 0 Å². The normalized spacial score (nSPS) is 26.7. The Balaban J connectivity index is 1.26. The Morgan fingerprint density at radius 3 is 2.03 bits per heavy atom. The van der Waals surface area contributed by atoms with E-state index in [1.54, 1.807) is 0 Å². The Morgan fingerprint density at radius 2 is 1.55 bits per heavy atom. The third-order valence-corrected chi connectivity index (χ3v) is 8.13. The number of amides is 1. The van der Waals surface area contributed by atoms with Gasteiger partial charge in [-0.1, -0.05) is 69.3 Å². The van der Waals surface area contributed by atoms with Crippen LogP contribution < -0.4 is 5.32 Å². The van der Waals surface area contributed by atoms with Gasteiger partial charge in [-0.3, -0.25) is 0 Å². The highest BCUT2D eigenvalue weighted by atomic mass is 16.5. The molecule has 1 amide bonds. The molecule has 2 aromatic rings. The average Bonchev–Trinajstić information content (AvgIpc) is 2.96. The molecule has 5 heteroatoms. The molecule has 0 aliphatic heterocycles. The van der Waals surface area contributed by atoms with E-state index in [9.17, 15) is 14.7 Å².